The minimum absolute atomic E-state index is 0.00349. The second kappa shape index (κ2) is 8.11. The summed E-state index contributed by atoms with van der Waals surface area (Å²) < 4.78 is 31.7. The lowest BCUT2D eigenvalue weighted by molar-refractivity contribution is -0.114. The van der Waals surface area contributed by atoms with E-state index in [1.54, 1.807) is 18.2 Å². The number of hydrogen-bond donors (Lipinski definition) is 3. The quantitative estimate of drug-likeness (QED) is 0.613. The van der Waals surface area contributed by atoms with E-state index < -0.39 is 10.0 Å². The molecule has 3 N–H and O–H groups in total. The number of rotatable bonds is 7. The second-order valence-electron chi connectivity index (χ2n) is 5.57. The lowest BCUT2D eigenvalue weighted by atomic mass is 10.2. The zero-order valence-electron chi connectivity index (χ0n) is 14.6. The first-order chi connectivity index (χ1) is 12.2. The zero-order chi connectivity index (χ0) is 19.3. The van der Waals surface area contributed by atoms with Crippen molar-refractivity contribution in [2.24, 2.45) is 0 Å². The summed E-state index contributed by atoms with van der Waals surface area (Å²) in [6, 6.07) is 6.43. The molecule has 2 rings (SSSR count). The molecule has 140 valence electrons. The minimum Gasteiger partial charge on any atom is -0.360 e. The maximum atomic E-state index is 12.2. The van der Waals surface area contributed by atoms with E-state index in [-0.39, 0.29) is 41.3 Å². The largest absolute Gasteiger partial charge is 0.360 e. The molecule has 1 aromatic heterocycles. The van der Waals surface area contributed by atoms with Crippen molar-refractivity contribution in [3.05, 3.63) is 41.3 Å². The van der Waals surface area contributed by atoms with Gasteiger partial charge in [0.25, 0.3) is 5.91 Å². The van der Waals surface area contributed by atoms with E-state index in [1.807, 2.05) is 0 Å². The molecule has 0 bridgehead atoms. The number of nitrogens with one attached hydrogen (secondary N) is 3. The Morgan fingerprint density at radius 2 is 1.92 bits per heavy atom. The molecule has 2 amide bonds. The van der Waals surface area contributed by atoms with Crippen molar-refractivity contribution in [1.29, 1.82) is 0 Å². The highest BCUT2D eigenvalue weighted by Crippen LogP contribution is 2.18. The van der Waals surface area contributed by atoms with Gasteiger partial charge in [0, 0.05) is 31.3 Å². The van der Waals surface area contributed by atoms with Gasteiger partial charge in [-0.15, -0.1) is 0 Å². The van der Waals surface area contributed by atoms with Crippen molar-refractivity contribution < 1.29 is 22.5 Å². The number of amides is 2. The molecule has 0 aliphatic heterocycles. The number of benzene rings is 1. The third-order valence-electron chi connectivity index (χ3n) is 3.38. The lowest BCUT2D eigenvalue weighted by Crippen LogP contribution is -2.35. The standard InChI is InChI=1S/C16H20N4O5S/c1-10-15(11(2)25-20-10)26(23,24)18-8-7-17-16(22)13-5-4-6-14(9-13)19-12(3)21/h4-6,9,18H,7-8H2,1-3H3,(H,17,22)(H,19,21). The highest BCUT2D eigenvalue weighted by Gasteiger charge is 2.23. The number of anilines is 1. The van der Waals surface area contributed by atoms with Gasteiger partial charge in [-0.3, -0.25) is 9.59 Å². The molecule has 0 saturated carbocycles. The molecule has 0 spiro atoms. The maximum absolute atomic E-state index is 12.2. The Morgan fingerprint density at radius 3 is 2.54 bits per heavy atom. The van der Waals surface area contributed by atoms with E-state index in [2.05, 4.69) is 20.5 Å². The number of carbonyl (C=O) groups is 2. The predicted molar refractivity (Wildman–Crippen MR) is 94.2 cm³/mol. The fourth-order valence-electron chi connectivity index (χ4n) is 2.34. The van der Waals surface area contributed by atoms with Crippen LogP contribution in [0.25, 0.3) is 0 Å². The van der Waals surface area contributed by atoms with E-state index in [0.717, 1.165) is 0 Å². The maximum Gasteiger partial charge on any atom is 0.251 e. The molecule has 0 aliphatic rings. The van der Waals surface area contributed by atoms with Crippen LogP contribution >= 0.6 is 0 Å². The summed E-state index contributed by atoms with van der Waals surface area (Å²) in [4.78, 5) is 23.2. The van der Waals surface area contributed by atoms with Gasteiger partial charge in [0.2, 0.25) is 15.9 Å². The van der Waals surface area contributed by atoms with Crippen molar-refractivity contribution in [1.82, 2.24) is 15.2 Å². The highest BCUT2D eigenvalue weighted by molar-refractivity contribution is 7.89. The molecule has 1 aromatic carbocycles. The van der Waals surface area contributed by atoms with Crippen LogP contribution < -0.4 is 15.4 Å². The van der Waals surface area contributed by atoms with Gasteiger partial charge in [-0.1, -0.05) is 11.2 Å². The average molecular weight is 380 g/mol. The van der Waals surface area contributed by atoms with Crippen LogP contribution in [0.3, 0.4) is 0 Å². The summed E-state index contributed by atoms with van der Waals surface area (Å²) in [6.45, 7) is 4.51. The number of carbonyl (C=O) groups excluding carboxylic acids is 2. The topological polar surface area (TPSA) is 130 Å². The van der Waals surface area contributed by atoms with Crippen LogP contribution in [0.1, 0.15) is 28.7 Å². The van der Waals surface area contributed by atoms with Gasteiger partial charge in [-0.2, -0.15) is 0 Å². The second-order valence-corrected chi connectivity index (χ2v) is 7.27. The highest BCUT2D eigenvalue weighted by atomic mass is 32.2. The zero-order valence-corrected chi connectivity index (χ0v) is 15.4. The summed E-state index contributed by atoms with van der Waals surface area (Å²) in [5, 5.41) is 8.81. The van der Waals surface area contributed by atoms with E-state index in [0.29, 0.717) is 11.3 Å². The molecule has 0 saturated heterocycles. The molecule has 1 heterocycles. The summed E-state index contributed by atoms with van der Waals surface area (Å²) in [6.07, 6.45) is 0. The van der Waals surface area contributed by atoms with Gasteiger partial charge in [-0.05, 0) is 32.0 Å². The molecule has 0 radical (unpaired) electrons. The normalized spacial score (nSPS) is 11.2. The molecular weight excluding hydrogens is 360 g/mol. The molecule has 0 aliphatic carbocycles. The number of hydrogen-bond acceptors (Lipinski definition) is 6. The lowest BCUT2D eigenvalue weighted by Gasteiger charge is -2.09. The molecular formula is C16H20N4O5S. The van der Waals surface area contributed by atoms with Gasteiger partial charge in [0.05, 0.1) is 0 Å². The van der Waals surface area contributed by atoms with Crippen LogP contribution in [0.15, 0.2) is 33.7 Å². The van der Waals surface area contributed by atoms with Crippen molar-refractivity contribution in [3.63, 3.8) is 0 Å². The SMILES string of the molecule is CC(=O)Nc1cccc(C(=O)NCCNS(=O)(=O)c2c(C)noc2C)c1. The van der Waals surface area contributed by atoms with Crippen molar-refractivity contribution >= 4 is 27.5 Å². The summed E-state index contributed by atoms with van der Waals surface area (Å²) in [5.74, 6) is -0.418. The monoisotopic (exact) mass is 380 g/mol. The van der Waals surface area contributed by atoms with Gasteiger partial charge in [-0.25, -0.2) is 13.1 Å². The summed E-state index contributed by atoms with van der Waals surface area (Å²) in [7, 11) is -3.77. The Hall–Kier alpha value is -2.72. The van der Waals surface area contributed by atoms with Gasteiger partial charge >= 0.3 is 0 Å². The summed E-state index contributed by atoms with van der Waals surface area (Å²) in [5.41, 5.74) is 1.13. The third kappa shape index (κ3) is 4.90. The number of aromatic nitrogens is 1. The first-order valence-corrected chi connectivity index (χ1v) is 9.27. The van der Waals surface area contributed by atoms with Crippen LogP contribution in [0.5, 0.6) is 0 Å². The van der Waals surface area contributed by atoms with Crippen LogP contribution in [0.4, 0.5) is 5.69 Å². The Morgan fingerprint density at radius 1 is 1.19 bits per heavy atom. The third-order valence-corrected chi connectivity index (χ3v) is 5.09. The fourth-order valence-corrected chi connectivity index (χ4v) is 3.69. The number of nitrogens with zero attached hydrogens (tertiary/aromatic N) is 1. The van der Waals surface area contributed by atoms with Gasteiger partial charge in [0.15, 0.2) is 5.76 Å². The Labute approximate surface area is 151 Å². The molecule has 2 aromatic rings. The molecule has 10 heteroatoms. The smallest absolute Gasteiger partial charge is 0.251 e. The van der Waals surface area contributed by atoms with Crippen LogP contribution in [-0.2, 0) is 14.8 Å². The van der Waals surface area contributed by atoms with Crippen LogP contribution in [0.2, 0.25) is 0 Å². The van der Waals surface area contributed by atoms with Crippen LogP contribution in [-0.4, -0.2) is 38.5 Å². The van der Waals surface area contributed by atoms with Crippen LogP contribution in [0, 0.1) is 13.8 Å². The molecule has 0 fully saturated rings. The Bertz CT molecular complexity index is 901. The van der Waals surface area contributed by atoms with E-state index >= 15 is 0 Å². The number of aryl methyl sites for hydroxylation is 2. The molecule has 0 atom stereocenters. The minimum atomic E-state index is -3.77. The van der Waals surface area contributed by atoms with Crippen molar-refractivity contribution in [2.45, 2.75) is 25.7 Å². The van der Waals surface area contributed by atoms with Gasteiger partial charge < -0.3 is 15.2 Å². The van der Waals surface area contributed by atoms with E-state index in [9.17, 15) is 18.0 Å². The molecule has 9 nitrogen and oxygen atoms in total. The fraction of sp³-hybridized carbons (Fsp3) is 0.312. The molecule has 26 heavy (non-hydrogen) atoms. The first kappa shape index (κ1) is 19.6. The Balaban J connectivity index is 1.90. The van der Waals surface area contributed by atoms with E-state index in [4.69, 9.17) is 4.52 Å². The Kier molecular flexibility index (Phi) is 6.11. The van der Waals surface area contributed by atoms with Crippen molar-refractivity contribution in [2.75, 3.05) is 18.4 Å². The average Bonchev–Trinajstić information content (AvgIpc) is 2.90. The predicted octanol–water partition coefficient (Wildman–Crippen LogP) is 0.958. The van der Waals surface area contributed by atoms with Gasteiger partial charge in [0.1, 0.15) is 10.6 Å². The number of sulfonamides is 1. The van der Waals surface area contributed by atoms with Crippen molar-refractivity contribution in [3.8, 4) is 0 Å². The molecule has 0 unspecified atom stereocenters. The van der Waals surface area contributed by atoms with E-state index in [1.165, 1.54) is 26.8 Å². The first-order valence-electron chi connectivity index (χ1n) is 7.79. The summed E-state index contributed by atoms with van der Waals surface area (Å²) >= 11 is 0.